The molecule has 4 fully saturated rings. The van der Waals surface area contributed by atoms with Gasteiger partial charge in [-0.2, -0.15) is 0 Å². The van der Waals surface area contributed by atoms with Gasteiger partial charge >= 0.3 is 29.8 Å². The van der Waals surface area contributed by atoms with Crippen LogP contribution in [-0.4, -0.2) is 60.9 Å². The number of carbonyl (C=O) groups excluding carboxylic acids is 5. The minimum absolute atomic E-state index is 0.138. The smallest absolute Gasteiger partial charge is 0.344 e. The van der Waals surface area contributed by atoms with E-state index in [9.17, 15) is 24.0 Å². The van der Waals surface area contributed by atoms with E-state index >= 15 is 0 Å². The number of carbonyl (C=O) groups is 5. The molecule has 10 nitrogen and oxygen atoms in total. The lowest BCUT2D eigenvalue weighted by atomic mass is 9.78. The van der Waals surface area contributed by atoms with Crippen molar-refractivity contribution in [2.24, 2.45) is 23.7 Å². The van der Waals surface area contributed by atoms with Crippen LogP contribution in [0.4, 0.5) is 0 Å². The minimum Gasteiger partial charge on any atom is -0.458 e. The summed E-state index contributed by atoms with van der Waals surface area (Å²) < 4.78 is 26.5. The third-order valence-corrected chi connectivity index (χ3v) is 7.58. The molecular weight excluding hydrogens is 448 g/mol. The quantitative estimate of drug-likeness (QED) is 0.274. The minimum atomic E-state index is -0.883. The molecular formula is C24H30O10. The maximum absolute atomic E-state index is 12.9. The van der Waals surface area contributed by atoms with Gasteiger partial charge in [0.25, 0.3) is 0 Å². The van der Waals surface area contributed by atoms with Gasteiger partial charge in [-0.15, -0.1) is 0 Å². The molecule has 1 heterocycles. The van der Waals surface area contributed by atoms with Crippen LogP contribution in [0, 0.1) is 23.7 Å². The molecule has 1 aliphatic heterocycles. The highest BCUT2D eigenvalue weighted by Gasteiger charge is 2.70. The molecule has 10 heteroatoms. The van der Waals surface area contributed by atoms with Crippen LogP contribution in [0.5, 0.6) is 0 Å². The van der Waals surface area contributed by atoms with Gasteiger partial charge in [-0.25, -0.2) is 14.4 Å². The summed E-state index contributed by atoms with van der Waals surface area (Å²) in [6, 6.07) is 0. The zero-order valence-corrected chi connectivity index (χ0v) is 19.4. The molecule has 34 heavy (non-hydrogen) atoms. The van der Waals surface area contributed by atoms with Crippen molar-refractivity contribution in [3.05, 3.63) is 12.2 Å². The van der Waals surface area contributed by atoms with Crippen LogP contribution in [0.15, 0.2) is 12.2 Å². The van der Waals surface area contributed by atoms with Crippen LogP contribution in [-0.2, 0) is 47.7 Å². The third kappa shape index (κ3) is 4.42. The highest BCUT2D eigenvalue weighted by atomic mass is 16.6. The molecule has 0 aromatic heterocycles. The Kier molecular flexibility index (Phi) is 6.69. The lowest BCUT2D eigenvalue weighted by Crippen LogP contribution is -2.44. The van der Waals surface area contributed by atoms with E-state index in [1.54, 1.807) is 0 Å². The molecule has 186 valence electrons. The van der Waals surface area contributed by atoms with Gasteiger partial charge < -0.3 is 23.7 Å². The van der Waals surface area contributed by atoms with Crippen molar-refractivity contribution in [2.75, 3.05) is 13.2 Å². The standard InChI is InChI=1S/C24H30O10/c1-4-24(7-5-6-8-24)34-16(26)11-31-22(28)17-13-9-14-18(17)23(29)33-20(14)19(13)32-15(25)10-30-21(27)12(2)3/h13-14,17-20H,2,4-11H2,1,3H3. The van der Waals surface area contributed by atoms with Crippen molar-refractivity contribution in [1.82, 2.24) is 0 Å². The fourth-order valence-corrected chi connectivity index (χ4v) is 5.95. The fourth-order valence-electron chi connectivity index (χ4n) is 5.95. The predicted molar refractivity (Wildman–Crippen MR) is 113 cm³/mol. The van der Waals surface area contributed by atoms with Crippen molar-refractivity contribution >= 4 is 29.8 Å². The predicted octanol–water partition coefficient (Wildman–Crippen LogP) is 1.63. The molecule has 0 aromatic carbocycles. The lowest BCUT2D eigenvalue weighted by Gasteiger charge is -2.30. The Bertz CT molecular complexity index is 901. The van der Waals surface area contributed by atoms with E-state index in [-0.39, 0.29) is 11.5 Å². The van der Waals surface area contributed by atoms with E-state index in [4.69, 9.17) is 23.7 Å². The van der Waals surface area contributed by atoms with Gasteiger partial charge in [0.2, 0.25) is 0 Å². The summed E-state index contributed by atoms with van der Waals surface area (Å²) in [7, 11) is 0. The van der Waals surface area contributed by atoms with Gasteiger partial charge in [-0.1, -0.05) is 13.5 Å². The number of hydrogen-bond donors (Lipinski definition) is 0. The third-order valence-electron chi connectivity index (χ3n) is 7.58. The van der Waals surface area contributed by atoms with E-state index in [1.165, 1.54) is 6.92 Å². The number of hydrogen-bond acceptors (Lipinski definition) is 10. The molecule has 2 bridgehead atoms. The molecule has 6 unspecified atom stereocenters. The lowest BCUT2D eigenvalue weighted by molar-refractivity contribution is -0.176. The van der Waals surface area contributed by atoms with E-state index in [0.29, 0.717) is 12.8 Å². The fraction of sp³-hybridized carbons (Fsp3) is 0.708. The van der Waals surface area contributed by atoms with E-state index in [0.717, 1.165) is 25.7 Å². The van der Waals surface area contributed by atoms with Gasteiger partial charge in [0.15, 0.2) is 13.2 Å². The molecule has 3 aliphatic carbocycles. The van der Waals surface area contributed by atoms with Gasteiger partial charge in [-0.05, 0) is 45.4 Å². The van der Waals surface area contributed by atoms with E-state index in [1.807, 2.05) is 6.92 Å². The SMILES string of the molecule is C=C(C)C(=O)OCC(=O)OC1C2CC3C1OC(=O)C3C2C(=O)OCC(=O)OC1(CC)CCCC1. The Morgan fingerprint density at radius 1 is 1.06 bits per heavy atom. The molecule has 1 saturated heterocycles. The van der Waals surface area contributed by atoms with E-state index in [2.05, 4.69) is 6.58 Å². The molecule has 0 aromatic rings. The number of esters is 5. The van der Waals surface area contributed by atoms with Gasteiger partial charge in [-0.3, -0.25) is 9.59 Å². The summed E-state index contributed by atoms with van der Waals surface area (Å²) in [5, 5.41) is 0. The van der Waals surface area contributed by atoms with Crippen molar-refractivity contribution < 1.29 is 47.7 Å². The molecule has 0 amide bonds. The van der Waals surface area contributed by atoms with Crippen LogP contribution < -0.4 is 0 Å². The topological polar surface area (TPSA) is 132 Å². The number of ether oxygens (including phenoxy) is 5. The first-order valence-electron chi connectivity index (χ1n) is 11.8. The van der Waals surface area contributed by atoms with Crippen molar-refractivity contribution in [3.8, 4) is 0 Å². The summed E-state index contributed by atoms with van der Waals surface area (Å²) in [5.41, 5.74) is -0.356. The summed E-state index contributed by atoms with van der Waals surface area (Å²) in [4.78, 5) is 61.4. The Morgan fingerprint density at radius 2 is 1.74 bits per heavy atom. The number of rotatable bonds is 9. The molecule has 0 N–H and O–H groups in total. The van der Waals surface area contributed by atoms with Crippen molar-refractivity contribution in [1.29, 1.82) is 0 Å². The normalized spacial score (nSPS) is 32.1. The molecule has 4 aliphatic rings. The Balaban J connectivity index is 1.35. The molecule has 0 spiro atoms. The van der Waals surface area contributed by atoms with Crippen LogP contribution in [0.2, 0.25) is 0 Å². The Hall–Kier alpha value is -2.91. The second kappa shape index (κ2) is 9.38. The van der Waals surface area contributed by atoms with Crippen LogP contribution in [0.25, 0.3) is 0 Å². The highest BCUT2D eigenvalue weighted by Crippen LogP contribution is 2.59. The zero-order chi connectivity index (χ0) is 24.6. The second-order valence-corrected chi connectivity index (χ2v) is 9.65. The molecule has 0 radical (unpaired) electrons. The molecule has 4 rings (SSSR count). The largest absolute Gasteiger partial charge is 0.458 e. The molecule has 6 atom stereocenters. The first kappa shape index (κ1) is 24.2. The first-order valence-corrected chi connectivity index (χ1v) is 11.8. The van der Waals surface area contributed by atoms with Gasteiger partial charge in [0, 0.05) is 17.4 Å². The summed E-state index contributed by atoms with van der Waals surface area (Å²) >= 11 is 0. The maximum Gasteiger partial charge on any atom is 0.344 e. The summed E-state index contributed by atoms with van der Waals surface area (Å²) in [6.07, 6.45) is 3.21. The highest BCUT2D eigenvalue weighted by molar-refractivity contribution is 5.89. The van der Waals surface area contributed by atoms with E-state index < -0.39 is 78.6 Å². The molecule has 3 saturated carbocycles. The van der Waals surface area contributed by atoms with Gasteiger partial charge in [0.05, 0.1) is 11.8 Å². The van der Waals surface area contributed by atoms with Crippen LogP contribution in [0.1, 0.15) is 52.4 Å². The Labute approximate surface area is 197 Å². The average Bonchev–Trinajstić information content (AvgIpc) is 3.54. The van der Waals surface area contributed by atoms with Crippen LogP contribution >= 0.6 is 0 Å². The average molecular weight is 478 g/mol. The van der Waals surface area contributed by atoms with Crippen LogP contribution in [0.3, 0.4) is 0 Å². The zero-order valence-electron chi connectivity index (χ0n) is 19.4. The van der Waals surface area contributed by atoms with Gasteiger partial charge in [0.1, 0.15) is 17.8 Å². The Morgan fingerprint density at radius 3 is 2.38 bits per heavy atom. The first-order chi connectivity index (χ1) is 16.2. The van der Waals surface area contributed by atoms with Crippen molar-refractivity contribution in [3.63, 3.8) is 0 Å². The number of fused-ring (bicyclic) bond motifs is 1. The summed E-state index contributed by atoms with van der Waals surface area (Å²) in [6.45, 7) is 5.68. The second-order valence-electron chi connectivity index (χ2n) is 9.65. The van der Waals surface area contributed by atoms with Crippen molar-refractivity contribution in [2.45, 2.75) is 70.2 Å². The monoisotopic (exact) mass is 478 g/mol. The maximum atomic E-state index is 12.9. The summed E-state index contributed by atoms with van der Waals surface area (Å²) in [5.74, 6) is -5.75.